The second-order valence-corrected chi connectivity index (χ2v) is 7.23. The summed E-state index contributed by atoms with van der Waals surface area (Å²) in [6.45, 7) is 1.19. The van der Waals surface area contributed by atoms with Crippen molar-refractivity contribution in [2.24, 2.45) is 0 Å². The molecule has 0 aliphatic carbocycles. The number of aromatic nitrogens is 1. The number of H-pyrrole nitrogens is 1. The molecule has 6 heteroatoms. The summed E-state index contributed by atoms with van der Waals surface area (Å²) in [6, 6.07) is 19.9. The molecule has 1 aliphatic rings. The van der Waals surface area contributed by atoms with Gasteiger partial charge in [0.05, 0.1) is 11.8 Å². The number of carbonyl (C=O) groups excluding carboxylic acids is 1. The molecule has 1 aromatic heterocycles. The van der Waals surface area contributed by atoms with Crippen molar-refractivity contribution in [2.75, 3.05) is 18.5 Å². The third-order valence-corrected chi connectivity index (χ3v) is 5.07. The Balaban J connectivity index is 1.47. The van der Waals surface area contributed by atoms with Crippen molar-refractivity contribution in [3.8, 4) is 17.0 Å². The van der Waals surface area contributed by atoms with Crippen LogP contribution in [0.2, 0.25) is 0 Å². The Morgan fingerprint density at radius 2 is 1.83 bits per heavy atom. The number of carbonyl (C=O) groups is 1. The Morgan fingerprint density at radius 3 is 2.60 bits per heavy atom. The average Bonchev–Trinajstić information content (AvgIpc) is 2.79. The molecule has 1 aliphatic heterocycles. The van der Waals surface area contributed by atoms with Crippen LogP contribution in [0.3, 0.4) is 0 Å². The first kappa shape index (κ1) is 19.9. The molecule has 1 unspecified atom stereocenters. The van der Waals surface area contributed by atoms with Crippen LogP contribution in [-0.2, 0) is 4.74 Å². The molecule has 1 fully saturated rings. The number of ether oxygens (including phenoxy) is 2. The lowest BCUT2D eigenvalue weighted by Gasteiger charge is -2.23. The van der Waals surface area contributed by atoms with E-state index in [1.165, 1.54) is 6.07 Å². The van der Waals surface area contributed by atoms with Gasteiger partial charge in [0.2, 0.25) is 0 Å². The van der Waals surface area contributed by atoms with Crippen molar-refractivity contribution >= 4 is 11.6 Å². The normalized spacial score (nSPS) is 16.1. The van der Waals surface area contributed by atoms with Gasteiger partial charge >= 0.3 is 0 Å². The van der Waals surface area contributed by atoms with Gasteiger partial charge in [-0.15, -0.1) is 0 Å². The Morgan fingerprint density at radius 1 is 1.03 bits per heavy atom. The predicted molar refractivity (Wildman–Crippen MR) is 116 cm³/mol. The van der Waals surface area contributed by atoms with Gasteiger partial charge < -0.3 is 19.8 Å². The van der Waals surface area contributed by atoms with Crippen molar-refractivity contribution in [2.45, 2.75) is 25.4 Å². The molecule has 2 N–H and O–H groups in total. The fraction of sp³-hybridized carbons (Fsp3) is 0.250. The highest BCUT2D eigenvalue weighted by molar-refractivity contribution is 6.04. The maximum atomic E-state index is 12.7. The van der Waals surface area contributed by atoms with Crippen molar-refractivity contribution < 1.29 is 14.3 Å². The molecule has 1 saturated heterocycles. The number of para-hydroxylation sites is 2. The van der Waals surface area contributed by atoms with E-state index in [-0.39, 0.29) is 11.7 Å². The smallest absolute Gasteiger partial charge is 0.261 e. The summed E-state index contributed by atoms with van der Waals surface area (Å²) in [5.74, 6) is 0.0678. The minimum Gasteiger partial charge on any atom is -0.489 e. The average molecular weight is 404 g/mol. The van der Waals surface area contributed by atoms with Crippen LogP contribution in [0.4, 0.5) is 5.69 Å². The van der Waals surface area contributed by atoms with E-state index in [4.69, 9.17) is 9.47 Å². The summed E-state index contributed by atoms with van der Waals surface area (Å²) in [6.07, 6.45) is 3.25. The van der Waals surface area contributed by atoms with E-state index in [2.05, 4.69) is 10.3 Å². The fourth-order valence-electron chi connectivity index (χ4n) is 3.45. The third-order valence-electron chi connectivity index (χ3n) is 5.07. The fourth-order valence-corrected chi connectivity index (χ4v) is 3.45. The third kappa shape index (κ3) is 4.78. The lowest BCUT2D eigenvalue weighted by molar-refractivity contribution is -0.0109. The van der Waals surface area contributed by atoms with Crippen molar-refractivity contribution in [1.29, 1.82) is 0 Å². The molecular weight excluding hydrogens is 380 g/mol. The quantitative estimate of drug-likeness (QED) is 0.644. The first-order valence-electron chi connectivity index (χ1n) is 10.1. The zero-order valence-electron chi connectivity index (χ0n) is 16.6. The van der Waals surface area contributed by atoms with E-state index in [1.54, 1.807) is 18.2 Å². The first-order valence-corrected chi connectivity index (χ1v) is 10.1. The number of rotatable bonds is 6. The molecule has 0 spiro atoms. The van der Waals surface area contributed by atoms with Gasteiger partial charge in [-0.1, -0.05) is 42.5 Å². The largest absolute Gasteiger partial charge is 0.489 e. The molecule has 0 bridgehead atoms. The summed E-state index contributed by atoms with van der Waals surface area (Å²) >= 11 is 0. The molecule has 6 nitrogen and oxygen atoms in total. The highest BCUT2D eigenvalue weighted by Crippen LogP contribution is 2.25. The van der Waals surface area contributed by atoms with Gasteiger partial charge in [-0.3, -0.25) is 9.59 Å². The highest BCUT2D eigenvalue weighted by Gasteiger charge is 2.17. The molecular formula is C24H24N2O4. The van der Waals surface area contributed by atoms with Crippen LogP contribution in [0.15, 0.2) is 71.5 Å². The number of pyridine rings is 1. The highest BCUT2D eigenvalue weighted by atomic mass is 16.5. The summed E-state index contributed by atoms with van der Waals surface area (Å²) in [5, 5.41) is 2.79. The maximum Gasteiger partial charge on any atom is 0.261 e. The van der Waals surface area contributed by atoms with Crippen LogP contribution in [0.1, 0.15) is 29.6 Å². The van der Waals surface area contributed by atoms with E-state index >= 15 is 0 Å². The van der Waals surface area contributed by atoms with E-state index in [9.17, 15) is 9.59 Å². The van der Waals surface area contributed by atoms with Crippen molar-refractivity contribution in [3.05, 3.63) is 82.6 Å². The number of amides is 1. The lowest BCUT2D eigenvalue weighted by atomic mass is 10.1. The summed E-state index contributed by atoms with van der Waals surface area (Å²) in [7, 11) is 0. The van der Waals surface area contributed by atoms with Crippen LogP contribution < -0.4 is 15.6 Å². The molecule has 1 amide bonds. The second kappa shape index (κ2) is 9.41. The minimum absolute atomic E-state index is 0.0418. The SMILES string of the molecule is O=C(Nc1ccccc1OCC1CCCCO1)c1ccc(-c2ccccc2)[nH]c1=O. The monoisotopic (exact) mass is 404 g/mol. The van der Waals surface area contributed by atoms with E-state index in [1.807, 2.05) is 42.5 Å². The molecule has 1 atom stereocenters. The predicted octanol–water partition coefficient (Wildman–Crippen LogP) is 4.24. The van der Waals surface area contributed by atoms with Gasteiger partial charge in [-0.05, 0) is 49.1 Å². The molecule has 3 aromatic rings. The Kier molecular flexibility index (Phi) is 6.25. The van der Waals surface area contributed by atoms with Crippen LogP contribution in [-0.4, -0.2) is 30.2 Å². The number of aromatic amines is 1. The second-order valence-electron chi connectivity index (χ2n) is 7.23. The zero-order valence-corrected chi connectivity index (χ0v) is 16.6. The van der Waals surface area contributed by atoms with E-state index in [0.29, 0.717) is 23.7 Å². The molecule has 154 valence electrons. The minimum atomic E-state index is -0.485. The van der Waals surface area contributed by atoms with Gasteiger partial charge in [-0.2, -0.15) is 0 Å². The van der Waals surface area contributed by atoms with Crippen molar-refractivity contribution in [3.63, 3.8) is 0 Å². The Labute approximate surface area is 174 Å². The van der Waals surface area contributed by atoms with Gasteiger partial charge in [0.25, 0.3) is 11.5 Å². The van der Waals surface area contributed by atoms with Gasteiger partial charge in [0.1, 0.15) is 17.9 Å². The van der Waals surface area contributed by atoms with E-state index in [0.717, 1.165) is 31.4 Å². The molecule has 4 rings (SSSR count). The Hall–Kier alpha value is -3.38. The van der Waals surface area contributed by atoms with Gasteiger partial charge in [0, 0.05) is 12.3 Å². The zero-order chi connectivity index (χ0) is 20.8. The standard InChI is InChI=1S/C24H24N2O4/c27-23-19(13-14-20(25-23)17-8-2-1-3-9-17)24(28)26-21-11-4-5-12-22(21)30-16-18-10-6-7-15-29-18/h1-5,8-9,11-14,18H,6-7,10,15-16H2,(H,25,27)(H,26,28). The molecule has 2 heterocycles. The lowest BCUT2D eigenvalue weighted by Crippen LogP contribution is -2.26. The topological polar surface area (TPSA) is 80.4 Å². The van der Waals surface area contributed by atoms with Crippen LogP contribution >= 0.6 is 0 Å². The first-order chi connectivity index (χ1) is 14.7. The molecule has 0 saturated carbocycles. The van der Waals surface area contributed by atoms with E-state index < -0.39 is 11.5 Å². The van der Waals surface area contributed by atoms with Gasteiger partial charge in [0.15, 0.2) is 0 Å². The molecule has 30 heavy (non-hydrogen) atoms. The number of nitrogens with one attached hydrogen (secondary N) is 2. The van der Waals surface area contributed by atoms with Crippen LogP contribution in [0.5, 0.6) is 5.75 Å². The van der Waals surface area contributed by atoms with Gasteiger partial charge in [-0.25, -0.2) is 0 Å². The van der Waals surface area contributed by atoms with Crippen molar-refractivity contribution in [1.82, 2.24) is 4.98 Å². The summed E-state index contributed by atoms with van der Waals surface area (Å²) in [5.41, 5.74) is 1.66. The summed E-state index contributed by atoms with van der Waals surface area (Å²) in [4.78, 5) is 28.0. The number of benzene rings is 2. The van der Waals surface area contributed by atoms with Crippen LogP contribution in [0.25, 0.3) is 11.3 Å². The number of anilines is 1. The molecule has 0 radical (unpaired) electrons. The number of hydrogen-bond donors (Lipinski definition) is 2. The Bertz CT molecular complexity index is 1060. The summed E-state index contributed by atoms with van der Waals surface area (Å²) < 4.78 is 11.6. The van der Waals surface area contributed by atoms with Crippen LogP contribution in [0, 0.1) is 0 Å². The number of hydrogen-bond acceptors (Lipinski definition) is 4. The molecule has 2 aromatic carbocycles. The maximum absolute atomic E-state index is 12.7.